The highest BCUT2D eigenvalue weighted by Crippen LogP contribution is 2.36. The molecule has 3 aromatic rings. The van der Waals surface area contributed by atoms with E-state index < -0.39 is 0 Å². The van der Waals surface area contributed by atoms with Crippen LogP contribution in [0.4, 0.5) is 0 Å². The van der Waals surface area contributed by atoms with Gasteiger partial charge in [-0.2, -0.15) is 0 Å². The molecule has 23 heavy (non-hydrogen) atoms. The van der Waals surface area contributed by atoms with Crippen molar-refractivity contribution in [3.05, 3.63) is 65.9 Å². The second-order valence-corrected chi connectivity index (χ2v) is 6.92. The van der Waals surface area contributed by atoms with Gasteiger partial charge in [-0.3, -0.25) is 0 Å². The zero-order chi connectivity index (χ0) is 15.8. The molecule has 1 saturated carbocycles. The monoisotopic (exact) mass is 302 g/mol. The van der Waals surface area contributed by atoms with Crippen molar-refractivity contribution in [3.8, 4) is 11.3 Å². The molecule has 1 aromatic heterocycles. The lowest BCUT2D eigenvalue weighted by Gasteiger charge is -2.12. The number of hydrogen-bond acceptors (Lipinski definition) is 0. The van der Waals surface area contributed by atoms with Crippen LogP contribution in [-0.2, 0) is 7.05 Å². The van der Waals surface area contributed by atoms with Crippen molar-refractivity contribution in [1.29, 1.82) is 0 Å². The Morgan fingerprint density at radius 1 is 0.957 bits per heavy atom. The summed E-state index contributed by atoms with van der Waals surface area (Å²) in [4.78, 5) is 0. The van der Waals surface area contributed by atoms with Gasteiger partial charge in [0.1, 0.15) is 7.05 Å². The molecule has 0 radical (unpaired) electrons. The zero-order valence-electron chi connectivity index (χ0n) is 14.0. The van der Waals surface area contributed by atoms with Crippen molar-refractivity contribution < 1.29 is 4.57 Å². The molecule has 1 aliphatic carbocycles. The fraction of sp³-hybridized carbons (Fsp3) is 0.318. The molecule has 0 bridgehead atoms. The van der Waals surface area contributed by atoms with Crippen LogP contribution in [0.15, 0.2) is 54.7 Å². The molecule has 4 rings (SSSR count). The second-order valence-electron chi connectivity index (χ2n) is 6.92. The van der Waals surface area contributed by atoms with Crippen molar-refractivity contribution in [2.24, 2.45) is 7.05 Å². The summed E-state index contributed by atoms with van der Waals surface area (Å²) in [6.07, 6.45) is 7.69. The van der Waals surface area contributed by atoms with E-state index in [0.717, 1.165) is 5.92 Å². The van der Waals surface area contributed by atoms with Crippen molar-refractivity contribution in [2.75, 3.05) is 0 Å². The molecule has 0 saturated heterocycles. The number of aromatic nitrogens is 1. The highest BCUT2D eigenvalue weighted by molar-refractivity contribution is 5.94. The van der Waals surface area contributed by atoms with E-state index in [2.05, 4.69) is 73.3 Å². The quantitative estimate of drug-likeness (QED) is 0.566. The van der Waals surface area contributed by atoms with Crippen molar-refractivity contribution in [3.63, 3.8) is 0 Å². The van der Waals surface area contributed by atoms with Gasteiger partial charge >= 0.3 is 0 Å². The van der Waals surface area contributed by atoms with Crippen LogP contribution >= 0.6 is 0 Å². The zero-order valence-corrected chi connectivity index (χ0v) is 14.0. The van der Waals surface area contributed by atoms with Crippen molar-refractivity contribution in [2.45, 2.75) is 38.5 Å². The molecule has 1 fully saturated rings. The molecule has 116 valence electrons. The van der Waals surface area contributed by atoms with Gasteiger partial charge in [0.05, 0.1) is 5.39 Å². The first-order valence-corrected chi connectivity index (χ1v) is 8.72. The maximum Gasteiger partial charge on any atom is 0.220 e. The minimum atomic E-state index is 0.773. The Morgan fingerprint density at radius 2 is 1.74 bits per heavy atom. The average Bonchev–Trinajstić information content (AvgIpc) is 3.10. The van der Waals surface area contributed by atoms with Gasteiger partial charge < -0.3 is 0 Å². The van der Waals surface area contributed by atoms with Crippen molar-refractivity contribution >= 4 is 10.8 Å². The predicted octanol–water partition coefficient (Wildman–Crippen LogP) is 5.30. The van der Waals surface area contributed by atoms with E-state index in [-0.39, 0.29) is 0 Å². The smallest absolute Gasteiger partial charge is 0.200 e. The summed E-state index contributed by atoms with van der Waals surface area (Å²) < 4.78 is 2.25. The summed E-state index contributed by atoms with van der Waals surface area (Å²) in [7, 11) is 2.14. The summed E-state index contributed by atoms with van der Waals surface area (Å²) in [6.45, 7) is 2.20. The van der Waals surface area contributed by atoms with Gasteiger partial charge in [0.2, 0.25) is 5.69 Å². The molecule has 1 heteroatoms. The molecule has 0 spiro atoms. The van der Waals surface area contributed by atoms with Gasteiger partial charge in [-0.05, 0) is 54.3 Å². The predicted molar refractivity (Wildman–Crippen MR) is 96.5 cm³/mol. The molecule has 0 amide bonds. The highest BCUT2D eigenvalue weighted by Gasteiger charge is 2.20. The van der Waals surface area contributed by atoms with E-state index in [1.54, 1.807) is 0 Å². The average molecular weight is 302 g/mol. The fourth-order valence-corrected chi connectivity index (χ4v) is 4.08. The number of pyridine rings is 1. The van der Waals surface area contributed by atoms with E-state index in [0.29, 0.717) is 0 Å². The molecular weight excluding hydrogens is 278 g/mol. The molecular formula is C22H24N+. The normalized spacial score (nSPS) is 15.4. The summed E-state index contributed by atoms with van der Waals surface area (Å²) in [6, 6.07) is 18.1. The second kappa shape index (κ2) is 5.81. The van der Waals surface area contributed by atoms with Gasteiger partial charge in [0.15, 0.2) is 6.20 Å². The van der Waals surface area contributed by atoms with Crippen LogP contribution in [0.25, 0.3) is 22.0 Å². The fourth-order valence-electron chi connectivity index (χ4n) is 4.08. The minimum absolute atomic E-state index is 0.773. The molecule has 0 atom stereocenters. The van der Waals surface area contributed by atoms with Crippen LogP contribution in [0, 0.1) is 6.92 Å². The van der Waals surface area contributed by atoms with Crippen molar-refractivity contribution in [1.82, 2.24) is 0 Å². The lowest BCUT2D eigenvalue weighted by atomic mass is 9.93. The topological polar surface area (TPSA) is 3.88 Å². The first-order valence-electron chi connectivity index (χ1n) is 8.72. The Bertz CT molecular complexity index is 857. The molecule has 2 aromatic carbocycles. The van der Waals surface area contributed by atoms with Crippen LogP contribution in [0.3, 0.4) is 0 Å². The number of fused-ring (bicyclic) bond motifs is 1. The van der Waals surface area contributed by atoms with Gasteiger partial charge in [0.25, 0.3) is 0 Å². The molecule has 0 unspecified atom stereocenters. The first-order chi connectivity index (χ1) is 11.2. The Kier molecular flexibility index (Phi) is 3.65. The lowest BCUT2D eigenvalue weighted by molar-refractivity contribution is -0.659. The van der Waals surface area contributed by atoms with Gasteiger partial charge in [0, 0.05) is 11.6 Å². The number of nitrogens with zero attached hydrogens (tertiary/aromatic N) is 1. The summed E-state index contributed by atoms with van der Waals surface area (Å²) in [5, 5.41) is 2.72. The van der Waals surface area contributed by atoms with E-state index in [9.17, 15) is 0 Å². The number of aryl methyl sites for hydroxylation is 2. The van der Waals surface area contributed by atoms with E-state index in [1.165, 1.54) is 58.8 Å². The molecule has 0 aliphatic heterocycles. The number of hydrogen-bond donors (Lipinski definition) is 0. The molecule has 1 nitrogen and oxygen atoms in total. The Labute approximate surface area is 138 Å². The van der Waals surface area contributed by atoms with E-state index in [1.807, 2.05) is 0 Å². The highest BCUT2D eigenvalue weighted by atomic mass is 14.9. The van der Waals surface area contributed by atoms with E-state index >= 15 is 0 Å². The SMILES string of the molecule is Cc1ccccc1-c1c2ccc(C3CCCC3)cc2cc[n+]1C. The third-order valence-electron chi connectivity index (χ3n) is 5.39. The van der Waals surface area contributed by atoms with Crippen LogP contribution < -0.4 is 4.57 Å². The minimum Gasteiger partial charge on any atom is -0.200 e. The first kappa shape index (κ1) is 14.4. The maximum absolute atomic E-state index is 2.42. The molecule has 0 N–H and O–H groups in total. The maximum atomic E-state index is 2.42. The van der Waals surface area contributed by atoms with Gasteiger partial charge in [-0.25, -0.2) is 4.57 Å². The molecule has 1 heterocycles. The summed E-state index contributed by atoms with van der Waals surface area (Å²) in [5.74, 6) is 0.773. The van der Waals surface area contributed by atoms with Crippen LogP contribution in [0.5, 0.6) is 0 Å². The number of benzene rings is 2. The van der Waals surface area contributed by atoms with Crippen LogP contribution in [0.2, 0.25) is 0 Å². The third kappa shape index (κ3) is 2.55. The summed E-state index contributed by atoms with van der Waals surface area (Å²) >= 11 is 0. The standard InChI is InChI=1S/C22H24N/c1-16-7-3-6-10-20(16)22-21-12-11-18(17-8-4-5-9-17)15-19(21)13-14-23(22)2/h3,6-7,10-15,17H,4-5,8-9H2,1-2H3/q+1. The Hall–Kier alpha value is -2.15. The van der Waals surface area contributed by atoms with Crippen LogP contribution in [0.1, 0.15) is 42.7 Å². The third-order valence-corrected chi connectivity index (χ3v) is 5.39. The Morgan fingerprint density at radius 3 is 2.52 bits per heavy atom. The van der Waals surface area contributed by atoms with Crippen LogP contribution in [-0.4, -0.2) is 0 Å². The van der Waals surface area contributed by atoms with Gasteiger partial charge in [-0.15, -0.1) is 0 Å². The summed E-state index contributed by atoms with van der Waals surface area (Å²) in [5.41, 5.74) is 5.50. The largest absolute Gasteiger partial charge is 0.220 e. The van der Waals surface area contributed by atoms with Gasteiger partial charge in [-0.1, -0.05) is 43.2 Å². The van der Waals surface area contributed by atoms with E-state index in [4.69, 9.17) is 0 Å². The molecule has 1 aliphatic rings. The Balaban J connectivity index is 1.90. The lowest BCUT2D eigenvalue weighted by Crippen LogP contribution is -2.30. The number of rotatable bonds is 2.